The third kappa shape index (κ3) is 6.22. The number of hydrogen-bond acceptors (Lipinski definition) is 11. The molecule has 2 aromatic heterocycles. The summed E-state index contributed by atoms with van der Waals surface area (Å²) in [6.45, 7) is 2.38. The molecule has 0 unspecified atom stereocenters. The third-order valence-electron chi connectivity index (χ3n) is 7.12. The van der Waals surface area contributed by atoms with Crippen LogP contribution in [0.5, 0.6) is 6.01 Å². The van der Waals surface area contributed by atoms with E-state index in [4.69, 9.17) is 15.2 Å². The molecule has 0 radical (unpaired) electrons. The van der Waals surface area contributed by atoms with Crippen molar-refractivity contribution in [2.45, 2.75) is 20.1 Å². The smallest absolute Gasteiger partial charge is 0.337 e. The normalized spacial score (nSPS) is 11.3. The molecule has 4 aromatic carbocycles. The van der Waals surface area contributed by atoms with Crippen LogP contribution >= 0.6 is 0 Å². The molecule has 14 nitrogen and oxygen atoms in total. The van der Waals surface area contributed by atoms with Crippen LogP contribution in [0.3, 0.4) is 0 Å². The van der Waals surface area contributed by atoms with Crippen molar-refractivity contribution in [1.82, 2.24) is 35.1 Å². The summed E-state index contributed by atoms with van der Waals surface area (Å²) in [4.78, 5) is 35.1. The molecular weight excluding hydrogens is 594 g/mol. The summed E-state index contributed by atoms with van der Waals surface area (Å²) >= 11 is 0. The van der Waals surface area contributed by atoms with E-state index in [-0.39, 0.29) is 23.6 Å². The number of tetrazole rings is 1. The maximum absolute atomic E-state index is 13.1. The van der Waals surface area contributed by atoms with Gasteiger partial charge in [0.2, 0.25) is 5.82 Å². The van der Waals surface area contributed by atoms with Crippen LogP contribution in [0, 0.1) is 0 Å². The lowest BCUT2D eigenvalue weighted by molar-refractivity contribution is -0.497. The SMILES string of the molecule is CCOc1nc2cccc(C(=O)O)c2n1Cc1ccc(-c2ccccc2-c2nnn(C(=O)c3cccc(CON(O)O)c3)n2)cc1. The molecule has 0 amide bonds. The topological polar surface area (TPSA) is 178 Å². The minimum absolute atomic E-state index is 0.141. The summed E-state index contributed by atoms with van der Waals surface area (Å²) in [6.07, 6.45) is 0. The Morgan fingerprint density at radius 1 is 0.891 bits per heavy atom. The second kappa shape index (κ2) is 13.1. The van der Waals surface area contributed by atoms with Crippen molar-refractivity contribution in [1.29, 1.82) is 0 Å². The van der Waals surface area contributed by atoms with Gasteiger partial charge in [-0.05, 0) is 58.7 Å². The fourth-order valence-corrected chi connectivity index (χ4v) is 5.08. The van der Waals surface area contributed by atoms with Crippen molar-refractivity contribution in [3.8, 4) is 28.5 Å². The molecule has 2 heterocycles. The molecule has 0 aliphatic carbocycles. The molecule has 6 rings (SSSR count). The van der Waals surface area contributed by atoms with Gasteiger partial charge in [-0.1, -0.05) is 71.5 Å². The predicted molar refractivity (Wildman–Crippen MR) is 162 cm³/mol. The van der Waals surface area contributed by atoms with Crippen LogP contribution in [0.2, 0.25) is 0 Å². The number of para-hydroxylation sites is 1. The van der Waals surface area contributed by atoms with E-state index in [9.17, 15) is 14.7 Å². The molecule has 0 saturated carbocycles. The van der Waals surface area contributed by atoms with Gasteiger partial charge in [0.25, 0.3) is 11.9 Å². The number of hydrogen-bond donors (Lipinski definition) is 3. The summed E-state index contributed by atoms with van der Waals surface area (Å²) < 4.78 is 7.51. The predicted octanol–water partition coefficient (Wildman–Crippen LogP) is 4.70. The number of benzene rings is 4. The molecule has 0 bridgehead atoms. The molecule has 46 heavy (non-hydrogen) atoms. The molecule has 0 saturated heterocycles. The van der Waals surface area contributed by atoms with E-state index < -0.39 is 17.3 Å². The summed E-state index contributed by atoms with van der Waals surface area (Å²) in [5.41, 5.74) is 5.17. The standard InChI is InChI=1S/C32H27N7O7/c1-2-45-32-33-27-12-6-11-26(31(41)42)28(27)37(32)18-20-13-15-22(16-14-20)24-9-3-4-10-25(24)29-34-36-38(35-29)30(40)23-8-5-7-21(17-23)19-46-39(43)44/h3-17,43-44H,2,18-19H2,1H3,(H,41,42). The molecular formula is C32H27N7O7. The number of carboxylic acids is 1. The number of carboxylic acid groups (broad SMARTS) is 1. The van der Waals surface area contributed by atoms with Crippen LogP contribution in [0.25, 0.3) is 33.5 Å². The average Bonchev–Trinajstić information content (AvgIpc) is 3.69. The van der Waals surface area contributed by atoms with Gasteiger partial charge < -0.3 is 9.84 Å². The zero-order valence-corrected chi connectivity index (χ0v) is 24.4. The fourth-order valence-electron chi connectivity index (χ4n) is 5.08. The lowest BCUT2D eigenvalue weighted by atomic mass is 9.98. The maximum Gasteiger partial charge on any atom is 0.337 e. The van der Waals surface area contributed by atoms with E-state index in [2.05, 4.69) is 25.2 Å². The van der Waals surface area contributed by atoms with Crippen molar-refractivity contribution in [2.75, 3.05) is 6.61 Å². The Labute approximate surface area is 261 Å². The largest absolute Gasteiger partial charge is 0.478 e. The highest BCUT2D eigenvalue weighted by molar-refractivity contribution is 6.01. The number of carbonyl (C=O) groups excluding carboxylic acids is 1. The zero-order chi connectivity index (χ0) is 32.2. The number of imidazole rings is 1. The Kier molecular flexibility index (Phi) is 8.58. The van der Waals surface area contributed by atoms with Gasteiger partial charge in [0.15, 0.2) is 0 Å². The Hall–Kier alpha value is -5.80. The van der Waals surface area contributed by atoms with Crippen LogP contribution < -0.4 is 4.74 Å². The highest BCUT2D eigenvalue weighted by Gasteiger charge is 2.20. The van der Waals surface area contributed by atoms with Gasteiger partial charge in [-0.15, -0.1) is 10.2 Å². The second-order valence-corrected chi connectivity index (χ2v) is 10.1. The summed E-state index contributed by atoms with van der Waals surface area (Å²) in [6, 6.07) is 26.9. The number of fused-ring (bicyclic) bond motifs is 1. The van der Waals surface area contributed by atoms with Gasteiger partial charge in [0.1, 0.15) is 0 Å². The molecule has 14 heteroatoms. The molecule has 0 aliphatic heterocycles. The number of nitrogens with zero attached hydrogens (tertiary/aromatic N) is 7. The monoisotopic (exact) mass is 621 g/mol. The minimum atomic E-state index is -1.05. The first-order chi connectivity index (χ1) is 22.3. The highest BCUT2D eigenvalue weighted by atomic mass is 17.1. The fraction of sp³-hybridized carbons (Fsp3) is 0.125. The molecule has 6 aromatic rings. The molecule has 0 aliphatic rings. The Balaban J connectivity index is 1.26. The van der Waals surface area contributed by atoms with Crippen LogP contribution in [0.15, 0.2) is 91.0 Å². The van der Waals surface area contributed by atoms with Crippen molar-refractivity contribution in [2.24, 2.45) is 0 Å². The van der Waals surface area contributed by atoms with E-state index in [0.717, 1.165) is 21.5 Å². The molecule has 0 atom stereocenters. The summed E-state index contributed by atoms with van der Waals surface area (Å²) in [7, 11) is 0. The van der Waals surface area contributed by atoms with Gasteiger partial charge in [0, 0.05) is 11.1 Å². The number of ether oxygens (including phenoxy) is 1. The average molecular weight is 622 g/mol. The first-order valence-electron chi connectivity index (χ1n) is 14.1. The number of rotatable bonds is 11. The van der Waals surface area contributed by atoms with Crippen molar-refractivity contribution in [3.05, 3.63) is 113 Å². The van der Waals surface area contributed by atoms with Crippen molar-refractivity contribution in [3.63, 3.8) is 0 Å². The van der Waals surface area contributed by atoms with E-state index in [1.54, 1.807) is 41.0 Å². The number of aromatic nitrogens is 6. The zero-order valence-electron chi connectivity index (χ0n) is 24.4. The van der Waals surface area contributed by atoms with Crippen molar-refractivity contribution < 1.29 is 34.7 Å². The van der Waals surface area contributed by atoms with E-state index in [1.807, 2.05) is 55.5 Å². The van der Waals surface area contributed by atoms with Gasteiger partial charge >= 0.3 is 5.97 Å². The molecule has 3 N–H and O–H groups in total. The second-order valence-electron chi connectivity index (χ2n) is 10.1. The summed E-state index contributed by atoms with van der Waals surface area (Å²) in [5, 5.41) is 39.4. The molecule has 0 spiro atoms. The van der Waals surface area contributed by atoms with E-state index in [1.165, 1.54) is 6.07 Å². The lowest BCUT2D eigenvalue weighted by Gasteiger charge is -2.12. The minimum Gasteiger partial charge on any atom is -0.478 e. The van der Waals surface area contributed by atoms with E-state index >= 15 is 0 Å². The Morgan fingerprint density at radius 2 is 1.65 bits per heavy atom. The first kappa shape index (κ1) is 30.2. The van der Waals surface area contributed by atoms with Crippen LogP contribution in [0.1, 0.15) is 38.8 Å². The number of aromatic carboxylic acids is 1. The first-order valence-corrected chi connectivity index (χ1v) is 14.1. The van der Waals surface area contributed by atoms with Gasteiger partial charge in [-0.25, -0.2) is 9.63 Å². The quantitative estimate of drug-likeness (QED) is 0.170. The molecule has 0 fully saturated rings. The van der Waals surface area contributed by atoms with Crippen LogP contribution in [-0.2, 0) is 18.0 Å². The third-order valence-corrected chi connectivity index (χ3v) is 7.12. The molecule has 232 valence electrons. The van der Waals surface area contributed by atoms with Crippen LogP contribution in [0.4, 0.5) is 0 Å². The maximum atomic E-state index is 13.1. The Morgan fingerprint density at radius 3 is 2.39 bits per heavy atom. The van der Waals surface area contributed by atoms with Crippen molar-refractivity contribution >= 4 is 22.9 Å². The lowest BCUT2D eigenvalue weighted by Crippen LogP contribution is -2.17. The van der Waals surface area contributed by atoms with Crippen LogP contribution in [-0.4, -0.2) is 69.2 Å². The van der Waals surface area contributed by atoms with E-state index in [0.29, 0.717) is 41.3 Å². The Bertz CT molecular complexity index is 2040. The number of carbonyl (C=O) groups is 2. The highest BCUT2D eigenvalue weighted by Crippen LogP contribution is 2.31. The van der Waals surface area contributed by atoms with Gasteiger partial charge in [0.05, 0.1) is 41.7 Å². The van der Waals surface area contributed by atoms with Gasteiger partial charge in [-0.3, -0.25) is 19.8 Å². The summed E-state index contributed by atoms with van der Waals surface area (Å²) in [5.74, 6) is -1.33. The van der Waals surface area contributed by atoms with Gasteiger partial charge in [-0.2, -0.15) is 4.98 Å².